The molecule has 15 heavy (non-hydrogen) atoms. The molecule has 0 aliphatic carbocycles. The van der Waals surface area contributed by atoms with Gasteiger partial charge in [-0.2, -0.15) is 0 Å². The highest BCUT2D eigenvalue weighted by Gasteiger charge is 2.10. The minimum absolute atomic E-state index is 0.175. The molecule has 0 saturated carbocycles. The van der Waals surface area contributed by atoms with Crippen molar-refractivity contribution < 1.29 is 9.13 Å². The van der Waals surface area contributed by atoms with Crippen molar-refractivity contribution in [3.63, 3.8) is 0 Å². The van der Waals surface area contributed by atoms with Crippen LogP contribution >= 0.6 is 0 Å². The van der Waals surface area contributed by atoms with Gasteiger partial charge in [0.25, 0.3) is 0 Å². The molecule has 1 atom stereocenters. The lowest BCUT2D eigenvalue weighted by atomic mass is 9.96. The molecule has 0 aromatic heterocycles. The SMILES string of the molecule is CNCC(CCOC)c1cccc(F)c1. The van der Waals surface area contributed by atoms with Crippen LogP contribution in [0.1, 0.15) is 17.9 Å². The second kappa shape index (κ2) is 6.53. The van der Waals surface area contributed by atoms with Crippen LogP contribution in [0.2, 0.25) is 0 Å². The Morgan fingerprint density at radius 2 is 2.27 bits per heavy atom. The van der Waals surface area contributed by atoms with E-state index >= 15 is 0 Å². The fourth-order valence-electron chi connectivity index (χ4n) is 1.65. The number of benzene rings is 1. The second-order valence-electron chi connectivity index (χ2n) is 3.59. The van der Waals surface area contributed by atoms with Crippen LogP contribution in [-0.2, 0) is 4.74 Å². The largest absolute Gasteiger partial charge is 0.385 e. The lowest BCUT2D eigenvalue weighted by Crippen LogP contribution is -2.18. The van der Waals surface area contributed by atoms with Crippen LogP contribution in [0, 0.1) is 5.82 Å². The van der Waals surface area contributed by atoms with E-state index < -0.39 is 0 Å². The van der Waals surface area contributed by atoms with Gasteiger partial charge in [-0.05, 0) is 37.1 Å². The van der Waals surface area contributed by atoms with Crippen molar-refractivity contribution in [2.75, 3.05) is 27.3 Å². The Balaban J connectivity index is 2.69. The first-order chi connectivity index (χ1) is 7.27. The van der Waals surface area contributed by atoms with Gasteiger partial charge in [-0.3, -0.25) is 0 Å². The lowest BCUT2D eigenvalue weighted by molar-refractivity contribution is 0.187. The van der Waals surface area contributed by atoms with Crippen LogP contribution < -0.4 is 5.32 Å². The van der Waals surface area contributed by atoms with Crippen molar-refractivity contribution >= 4 is 0 Å². The van der Waals surface area contributed by atoms with Gasteiger partial charge in [-0.15, -0.1) is 0 Å². The minimum atomic E-state index is -0.175. The van der Waals surface area contributed by atoms with Gasteiger partial charge in [0.15, 0.2) is 0 Å². The molecule has 0 aliphatic heterocycles. The molecule has 84 valence electrons. The zero-order valence-corrected chi connectivity index (χ0v) is 9.29. The van der Waals surface area contributed by atoms with Crippen LogP contribution in [-0.4, -0.2) is 27.3 Å². The summed E-state index contributed by atoms with van der Waals surface area (Å²) in [4.78, 5) is 0. The average molecular weight is 211 g/mol. The predicted molar refractivity (Wildman–Crippen MR) is 59.6 cm³/mol. The van der Waals surface area contributed by atoms with Gasteiger partial charge in [0.2, 0.25) is 0 Å². The molecule has 0 spiro atoms. The number of ether oxygens (including phenoxy) is 1. The molecule has 2 nitrogen and oxygen atoms in total. The molecule has 1 aromatic carbocycles. The zero-order chi connectivity index (χ0) is 11.1. The quantitative estimate of drug-likeness (QED) is 0.778. The number of halogens is 1. The topological polar surface area (TPSA) is 21.3 Å². The Morgan fingerprint density at radius 3 is 2.87 bits per heavy atom. The predicted octanol–water partition coefficient (Wildman–Crippen LogP) is 2.17. The van der Waals surface area contributed by atoms with Crippen molar-refractivity contribution in [2.24, 2.45) is 0 Å². The van der Waals surface area contributed by atoms with E-state index in [1.54, 1.807) is 19.2 Å². The summed E-state index contributed by atoms with van der Waals surface area (Å²) in [6, 6.07) is 6.77. The summed E-state index contributed by atoms with van der Waals surface area (Å²) in [5.74, 6) is 0.136. The molecule has 0 fully saturated rings. The monoisotopic (exact) mass is 211 g/mol. The number of nitrogens with one attached hydrogen (secondary N) is 1. The molecule has 0 radical (unpaired) electrons. The van der Waals surface area contributed by atoms with E-state index in [2.05, 4.69) is 5.32 Å². The summed E-state index contributed by atoms with van der Waals surface area (Å²) in [5, 5.41) is 3.12. The van der Waals surface area contributed by atoms with Gasteiger partial charge in [-0.25, -0.2) is 4.39 Å². The summed E-state index contributed by atoms with van der Waals surface area (Å²) in [6.45, 7) is 1.54. The van der Waals surface area contributed by atoms with Crippen molar-refractivity contribution in [3.05, 3.63) is 35.6 Å². The number of hydrogen-bond donors (Lipinski definition) is 1. The normalized spacial score (nSPS) is 12.7. The first-order valence-corrected chi connectivity index (χ1v) is 5.17. The molecule has 0 heterocycles. The number of rotatable bonds is 6. The molecule has 3 heteroatoms. The lowest BCUT2D eigenvalue weighted by Gasteiger charge is -2.16. The summed E-state index contributed by atoms with van der Waals surface area (Å²) in [7, 11) is 3.58. The Labute approximate surface area is 90.4 Å². The maximum absolute atomic E-state index is 13.0. The number of hydrogen-bond acceptors (Lipinski definition) is 2. The van der Waals surface area contributed by atoms with Gasteiger partial charge in [0, 0.05) is 20.3 Å². The molecule has 0 saturated heterocycles. The van der Waals surface area contributed by atoms with E-state index in [1.807, 2.05) is 13.1 Å². The summed E-state index contributed by atoms with van der Waals surface area (Å²) < 4.78 is 18.1. The van der Waals surface area contributed by atoms with E-state index in [-0.39, 0.29) is 5.82 Å². The van der Waals surface area contributed by atoms with Gasteiger partial charge < -0.3 is 10.1 Å². The Bertz CT molecular complexity index is 291. The van der Waals surface area contributed by atoms with Crippen LogP contribution in [0.5, 0.6) is 0 Å². The highest BCUT2D eigenvalue weighted by Crippen LogP contribution is 2.19. The van der Waals surface area contributed by atoms with Gasteiger partial charge in [0.05, 0.1) is 0 Å². The molecule has 1 unspecified atom stereocenters. The van der Waals surface area contributed by atoms with Crippen LogP contribution in [0.4, 0.5) is 4.39 Å². The van der Waals surface area contributed by atoms with E-state index in [4.69, 9.17) is 4.74 Å². The molecular formula is C12H18FNO. The highest BCUT2D eigenvalue weighted by molar-refractivity contribution is 5.21. The first kappa shape index (κ1) is 12.1. The van der Waals surface area contributed by atoms with Gasteiger partial charge in [-0.1, -0.05) is 12.1 Å². The van der Waals surface area contributed by atoms with Crippen molar-refractivity contribution in [1.82, 2.24) is 5.32 Å². The second-order valence-corrected chi connectivity index (χ2v) is 3.59. The van der Waals surface area contributed by atoms with E-state index in [1.165, 1.54) is 6.07 Å². The van der Waals surface area contributed by atoms with Crippen molar-refractivity contribution in [3.8, 4) is 0 Å². The molecule has 0 bridgehead atoms. The smallest absolute Gasteiger partial charge is 0.123 e. The van der Waals surface area contributed by atoms with Crippen LogP contribution in [0.25, 0.3) is 0 Å². The Kier molecular flexibility index (Phi) is 5.29. The van der Waals surface area contributed by atoms with E-state index in [9.17, 15) is 4.39 Å². The van der Waals surface area contributed by atoms with Gasteiger partial charge >= 0.3 is 0 Å². The van der Waals surface area contributed by atoms with Crippen LogP contribution in [0.3, 0.4) is 0 Å². The fourth-order valence-corrected chi connectivity index (χ4v) is 1.65. The molecule has 0 aliphatic rings. The molecule has 1 aromatic rings. The molecule has 1 rings (SSSR count). The summed E-state index contributed by atoms with van der Waals surface area (Å²) in [6.07, 6.45) is 0.904. The van der Waals surface area contributed by atoms with Crippen LogP contribution in [0.15, 0.2) is 24.3 Å². The third kappa shape index (κ3) is 3.98. The maximum atomic E-state index is 13.0. The maximum Gasteiger partial charge on any atom is 0.123 e. The molecular weight excluding hydrogens is 193 g/mol. The average Bonchev–Trinajstić information content (AvgIpc) is 2.24. The minimum Gasteiger partial charge on any atom is -0.385 e. The third-order valence-corrected chi connectivity index (χ3v) is 2.44. The van der Waals surface area contributed by atoms with Crippen molar-refractivity contribution in [1.29, 1.82) is 0 Å². The molecule has 0 amide bonds. The number of methoxy groups -OCH3 is 1. The number of likely N-dealkylation sites (N-methyl/N-ethyl adjacent to an activating group) is 1. The molecule has 1 N–H and O–H groups in total. The van der Waals surface area contributed by atoms with E-state index in [0.29, 0.717) is 12.5 Å². The van der Waals surface area contributed by atoms with E-state index in [0.717, 1.165) is 18.5 Å². The fraction of sp³-hybridized carbons (Fsp3) is 0.500. The Hall–Kier alpha value is -0.930. The van der Waals surface area contributed by atoms with Gasteiger partial charge in [0.1, 0.15) is 5.82 Å². The van der Waals surface area contributed by atoms with Crippen molar-refractivity contribution in [2.45, 2.75) is 12.3 Å². The Morgan fingerprint density at radius 1 is 1.47 bits per heavy atom. The summed E-state index contributed by atoms with van der Waals surface area (Å²) >= 11 is 0. The zero-order valence-electron chi connectivity index (χ0n) is 9.29. The highest BCUT2D eigenvalue weighted by atomic mass is 19.1. The first-order valence-electron chi connectivity index (χ1n) is 5.17. The summed E-state index contributed by atoms with van der Waals surface area (Å²) in [5.41, 5.74) is 1.03. The third-order valence-electron chi connectivity index (χ3n) is 2.44. The standard InChI is InChI=1S/C12H18FNO/c1-14-9-11(6-7-15-2)10-4-3-5-12(13)8-10/h3-5,8,11,14H,6-7,9H2,1-2H3.